The Labute approximate surface area is 135 Å². The molecule has 0 radical (unpaired) electrons. The van der Waals surface area contributed by atoms with Crippen molar-refractivity contribution in [3.63, 3.8) is 0 Å². The van der Waals surface area contributed by atoms with Gasteiger partial charge in [-0.15, -0.1) is 0 Å². The van der Waals surface area contributed by atoms with Gasteiger partial charge in [0.2, 0.25) is 0 Å². The molecule has 6 nitrogen and oxygen atoms in total. The third kappa shape index (κ3) is 4.81. The fourth-order valence-corrected chi connectivity index (χ4v) is 2.67. The Hall–Kier alpha value is -2.37. The molecule has 0 aromatic heterocycles. The number of rotatable bonds is 4. The fraction of sp³-hybridized carbons (Fsp3) is 0.471. The smallest absolute Gasteiger partial charge is 0.397 e. The van der Waals surface area contributed by atoms with Gasteiger partial charge in [-0.2, -0.15) is 0 Å². The molecule has 1 aromatic rings. The summed E-state index contributed by atoms with van der Waals surface area (Å²) in [4.78, 5) is 35.6. The average molecular weight is 318 g/mol. The summed E-state index contributed by atoms with van der Waals surface area (Å²) in [6.07, 6.45) is 5.39. The van der Waals surface area contributed by atoms with Gasteiger partial charge in [0.15, 0.2) is 0 Å². The summed E-state index contributed by atoms with van der Waals surface area (Å²) >= 11 is 0. The van der Waals surface area contributed by atoms with E-state index in [1.54, 1.807) is 31.2 Å². The van der Waals surface area contributed by atoms with Gasteiger partial charge in [0.25, 0.3) is 5.91 Å². The molecule has 0 atom stereocenters. The molecule has 23 heavy (non-hydrogen) atoms. The molecule has 1 aromatic carbocycles. The van der Waals surface area contributed by atoms with Crippen LogP contribution >= 0.6 is 0 Å². The van der Waals surface area contributed by atoms with Crippen LogP contribution in [0.15, 0.2) is 24.3 Å². The molecule has 124 valence electrons. The largest absolute Gasteiger partial charge is 0.459 e. The summed E-state index contributed by atoms with van der Waals surface area (Å²) in [5.74, 6) is -2.09. The number of hydrogen-bond acceptors (Lipinski definition) is 4. The summed E-state index contributed by atoms with van der Waals surface area (Å²) < 4.78 is 4.65. The van der Waals surface area contributed by atoms with Crippen molar-refractivity contribution in [2.75, 3.05) is 11.9 Å². The maximum absolute atomic E-state index is 12.4. The molecular formula is C17H22N2O4. The van der Waals surface area contributed by atoms with E-state index in [1.165, 1.54) is 6.42 Å². The van der Waals surface area contributed by atoms with Crippen LogP contribution in [-0.2, 0) is 14.3 Å². The molecule has 6 heteroatoms. The summed E-state index contributed by atoms with van der Waals surface area (Å²) in [5, 5.41) is 5.44. The zero-order chi connectivity index (χ0) is 16.7. The van der Waals surface area contributed by atoms with E-state index in [0.717, 1.165) is 25.7 Å². The number of ether oxygens (including phenoxy) is 1. The predicted octanol–water partition coefficient (Wildman–Crippen LogP) is 2.25. The van der Waals surface area contributed by atoms with E-state index < -0.39 is 11.9 Å². The molecule has 0 unspecified atom stereocenters. The van der Waals surface area contributed by atoms with Gasteiger partial charge in [0.1, 0.15) is 0 Å². The topological polar surface area (TPSA) is 84.5 Å². The highest BCUT2D eigenvalue weighted by Gasteiger charge is 2.21. The van der Waals surface area contributed by atoms with Gasteiger partial charge < -0.3 is 15.4 Å². The molecule has 2 N–H and O–H groups in total. The van der Waals surface area contributed by atoms with E-state index in [0.29, 0.717) is 11.3 Å². The molecule has 1 aliphatic rings. The lowest BCUT2D eigenvalue weighted by atomic mass is 9.95. The number of anilines is 1. The monoisotopic (exact) mass is 318 g/mol. The zero-order valence-corrected chi connectivity index (χ0v) is 13.3. The van der Waals surface area contributed by atoms with E-state index in [4.69, 9.17) is 0 Å². The number of carbonyl (C=O) groups excluding carboxylic acids is 3. The Kier molecular flexibility index (Phi) is 6.14. The fourth-order valence-electron chi connectivity index (χ4n) is 2.67. The number of nitrogens with one attached hydrogen (secondary N) is 2. The first-order valence-corrected chi connectivity index (χ1v) is 7.99. The maximum Gasteiger partial charge on any atom is 0.397 e. The van der Waals surface area contributed by atoms with E-state index in [2.05, 4.69) is 15.4 Å². The number of esters is 1. The lowest BCUT2D eigenvalue weighted by Crippen LogP contribution is -2.36. The van der Waals surface area contributed by atoms with Crippen LogP contribution < -0.4 is 10.6 Å². The Morgan fingerprint density at radius 1 is 1.13 bits per heavy atom. The van der Waals surface area contributed by atoms with Gasteiger partial charge in [-0.25, -0.2) is 4.79 Å². The standard InChI is InChI=1S/C17H22N2O4/c1-2-23-17(22)16(21)19-14-11-7-6-10-13(14)15(20)18-12-8-4-3-5-9-12/h6-7,10-12H,2-5,8-9H2,1H3,(H,18,20)(H,19,21). The first-order valence-electron chi connectivity index (χ1n) is 7.99. The molecule has 0 spiro atoms. The molecule has 1 saturated carbocycles. The Balaban J connectivity index is 2.05. The number of hydrogen-bond donors (Lipinski definition) is 2. The number of benzene rings is 1. The number of amides is 2. The van der Waals surface area contributed by atoms with Crippen LogP contribution in [0.4, 0.5) is 5.69 Å². The highest BCUT2D eigenvalue weighted by Crippen LogP contribution is 2.20. The molecule has 1 fully saturated rings. The first-order chi connectivity index (χ1) is 11.1. The summed E-state index contributed by atoms with van der Waals surface area (Å²) in [6.45, 7) is 1.74. The second-order valence-electron chi connectivity index (χ2n) is 5.53. The highest BCUT2D eigenvalue weighted by atomic mass is 16.5. The molecule has 2 rings (SSSR count). The van der Waals surface area contributed by atoms with Crippen molar-refractivity contribution in [3.05, 3.63) is 29.8 Å². The predicted molar refractivity (Wildman–Crippen MR) is 86.0 cm³/mol. The van der Waals surface area contributed by atoms with E-state index in [1.807, 2.05) is 0 Å². The lowest BCUT2D eigenvalue weighted by Gasteiger charge is -2.23. The van der Waals surface area contributed by atoms with Crippen molar-refractivity contribution in [2.24, 2.45) is 0 Å². The van der Waals surface area contributed by atoms with Crippen molar-refractivity contribution in [2.45, 2.75) is 45.1 Å². The van der Waals surface area contributed by atoms with Crippen molar-refractivity contribution in [3.8, 4) is 0 Å². The second-order valence-corrected chi connectivity index (χ2v) is 5.53. The van der Waals surface area contributed by atoms with Crippen LogP contribution in [0.5, 0.6) is 0 Å². The van der Waals surface area contributed by atoms with E-state index in [9.17, 15) is 14.4 Å². The van der Waals surface area contributed by atoms with E-state index in [-0.39, 0.29) is 18.6 Å². The number of para-hydroxylation sites is 1. The molecule has 2 amide bonds. The zero-order valence-electron chi connectivity index (χ0n) is 13.3. The van der Waals surface area contributed by atoms with Crippen LogP contribution in [0, 0.1) is 0 Å². The van der Waals surface area contributed by atoms with Crippen LogP contribution in [0.3, 0.4) is 0 Å². The molecule has 0 saturated heterocycles. The Bertz CT molecular complexity index is 580. The van der Waals surface area contributed by atoms with Crippen molar-refractivity contribution in [1.29, 1.82) is 0 Å². The van der Waals surface area contributed by atoms with Gasteiger partial charge >= 0.3 is 11.9 Å². The lowest BCUT2D eigenvalue weighted by molar-refractivity contribution is -0.152. The third-order valence-electron chi connectivity index (χ3n) is 3.82. The minimum Gasteiger partial charge on any atom is -0.459 e. The molecule has 1 aliphatic carbocycles. The van der Waals surface area contributed by atoms with Gasteiger partial charge in [0.05, 0.1) is 17.9 Å². The highest BCUT2D eigenvalue weighted by molar-refractivity contribution is 6.37. The summed E-state index contributed by atoms with van der Waals surface area (Å²) in [6, 6.07) is 6.80. The van der Waals surface area contributed by atoms with E-state index >= 15 is 0 Å². The summed E-state index contributed by atoms with van der Waals surface area (Å²) in [5.41, 5.74) is 0.648. The van der Waals surface area contributed by atoms with Crippen molar-refractivity contribution in [1.82, 2.24) is 5.32 Å². The molecule has 0 bridgehead atoms. The van der Waals surface area contributed by atoms with Crippen molar-refractivity contribution < 1.29 is 19.1 Å². The third-order valence-corrected chi connectivity index (χ3v) is 3.82. The molecule has 0 heterocycles. The average Bonchev–Trinajstić information content (AvgIpc) is 2.56. The van der Waals surface area contributed by atoms with Crippen LogP contribution in [0.1, 0.15) is 49.4 Å². The van der Waals surface area contributed by atoms with Gasteiger partial charge in [-0.05, 0) is 31.9 Å². The Morgan fingerprint density at radius 3 is 2.52 bits per heavy atom. The quantitative estimate of drug-likeness (QED) is 0.659. The first kappa shape index (κ1) is 17.0. The molecule has 0 aliphatic heterocycles. The molecular weight excluding hydrogens is 296 g/mol. The van der Waals surface area contributed by atoms with Crippen LogP contribution in [0.25, 0.3) is 0 Å². The minimum atomic E-state index is -0.963. The summed E-state index contributed by atoms with van der Waals surface area (Å²) in [7, 11) is 0. The van der Waals surface area contributed by atoms with Crippen LogP contribution in [-0.4, -0.2) is 30.4 Å². The Morgan fingerprint density at radius 2 is 1.83 bits per heavy atom. The van der Waals surface area contributed by atoms with Gasteiger partial charge in [0, 0.05) is 6.04 Å². The van der Waals surface area contributed by atoms with Crippen molar-refractivity contribution >= 4 is 23.5 Å². The van der Waals surface area contributed by atoms with Gasteiger partial charge in [-0.3, -0.25) is 9.59 Å². The SMILES string of the molecule is CCOC(=O)C(=O)Nc1ccccc1C(=O)NC1CCCCC1. The van der Waals surface area contributed by atoms with Crippen LogP contribution in [0.2, 0.25) is 0 Å². The number of carbonyl (C=O) groups is 3. The second kappa shape index (κ2) is 8.31. The van der Waals surface area contributed by atoms with Gasteiger partial charge in [-0.1, -0.05) is 31.4 Å². The maximum atomic E-state index is 12.4. The minimum absolute atomic E-state index is 0.121. The normalized spacial score (nSPS) is 14.8.